The molecule has 0 saturated carbocycles. The lowest BCUT2D eigenvalue weighted by Gasteiger charge is -2.06. The minimum atomic E-state index is -0.378. The Morgan fingerprint density at radius 2 is 1.43 bits per heavy atom. The fraction of sp³-hybridized carbons (Fsp3) is 0.125. The fourth-order valence-electron chi connectivity index (χ4n) is 1.80. The fourth-order valence-corrected chi connectivity index (χ4v) is 1.80. The monoisotopic (exact) mass is 286 g/mol. The van der Waals surface area contributed by atoms with Crippen molar-refractivity contribution in [2.75, 3.05) is 7.05 Å². The molecule has 2 aromatic carbocycles. The van der Waals surface area contributed by atoms with Gasteiger partial charge in [0.2, 0.25) is 0 Å². The van der Waals surface area contributed by atoms with Gasteiger partial charge in [0.15, 0.2) is 0 Å². The smallest absolute Gasteiger partial charge is 0.251 e. The molecule has 0 fully saturated rings. The van der Waals surface area contributed by atoms with E-state index in [1.807, 2.05) is 0 Å². The number of amides is 2. The maximum atomic E-state index is 12.8. The maximum absolute atomic E-state index is 12.8. The summed E-state index contributed by atoms with van der Waals surface area (Å²) in [5.74, 6) is -0.807. The minimum absolute atomic E-state index is 0.156. The Kier molecular flexibility index (Phi) is 4.66. The number of rotatable bonds is 4. The molecular weight excluding hydrogens is 271 g/mol. The summed E-state index contributed by atoms with van der Waals surface area (Å²) in [5, 5.41) is 5.27. The number of benzene rings is 2. The third-order valence-electron chi connectivity index (χ3n) is 3.00. The van der Waals surface area contributed by atoms with E-state index in [0.717, 1.165) is 5.56 Å². The summed E-state index contributed by atoms with van der Waals surface area (Å²) in [6.45, 7) is 0.338. The van der Waals surface area contributed by atoms with Crippen molar-refractivity contribution in [3.63, 3.8) is 0 Å². The number of hydrogen-bond acceptors (Lipinski definition) is 2. The summed E-state index contributed by atoms with van der Waals surface area (Å²) in [5.41, 5.74) is 1.84. The van der Waals surface area contributed by atoms with Crippen molar-refractivity contribution in [1.82, 2.24) is 10.6 Å². The quantitative estimate of drug-likeness (QED) is 0.904. The van der Waals surface area contributed by atoms with E-state index in [0.29, 0.717) is 17.7 Å². The van der Waals surface area contributed by atoms with Gasteiger partial charge in [0.25, 0.3) is 11.8 Å². The third kappa shape index (κ3) is 3.89. The van der Waals surface area contributed by atoms with E-state index in [1.54, 1.807) is 31.3 Å². The number of hydrogen-bond donors (Lipinski definition) is 2. The number of carbonyl (C=O) groups excluding carboxylic acids is 2. The van der Waals surface area contributed by atoms with E-state index in [-0.39, 0.29) is 17.6 Å². The van der Waals surface area contributed by atoms with Crippen molar-refractivity contribution in [2.24, 2.45) is 0 Å². The van der Waals surface area contributed by atoms with Crippen LogP contribution >= 0.6 is 0 Å². The molecule has 0 aliphatic heterocycles. The van der Waals surface area contributed by atoms with Gasteiger partial charge in [-0.15, -0.1) is 0 Å². The minimum Gasteiger partial charge on any atom is -0.355 e. The van der Waals surface area contributed by atoms with Gasteiger partial charge in [0.05, 0.1) is 0 Å². The molecule has 0 atom stereocenters. The van der Waals surface area contributed by atoms with Gasteiger partial charge in [-0.3, -0.25) is 9.59 Å². The van der Waals surface area contributed by atoms with Crippen LogP contribution in [0, 0.1) is 5.82 Å². The summed E-state index contributed by atoms with van der Waals surface area (Å²) < 4.78 is 12.8. The van der Waals surface area contributed by atoms with Gasteiger partial charge in [-0.25, -0.2) is 4.39 Å². The Labute approximate surface area is 122 Å². The van der Waals surface area contributed by atoms with Crippen molar-refractivity contribution in [3.05, 3.63) is 71.0 Å². The second-order valence-corrected chi connectivity index (χ2v) is 4.47. The molecule has 0 heterocycles. The second kappa shape index (κ2) is 6.65. The Bertz CT molecular complexity index is 636. The summed E-state index contributed by atoms with van der Waals surface area (Å²) in [7, 11) is 1.57. The van der Waals surface area contributed by atoms with E-state index in [1.165, 1.54) is 24.3 Å². The van der Waals surface area contributed by atoms with Crippen LogP contribution in [0.4, 0.5) is 4.39 Å². The topological polar surface area (TPSA) is 58.2 Å². The first-order valence-corrected chi connectivity index (χ1v) is 6.45. The molecule has 0 radical (unpaired) electrons. The molecule has 2 N–H and O–H groups in total. The highest BCUT2D eigenvalue weighted by atomic mass is 19.1. The molecule has 4 nitrogen and oxygen atoms in total. The van der Waals surface area contributed by atoms with Crippen LogP contribution < -0.4 is 10.6 Å². The van der Waals surface area contributed by atoms with Gasteiger partial charge < -0.3 is 10.6 Å². The molecule has 0 aliphatic rings. The zero-order chi connectivity index (χ0) is 15.2. The maximum Gasteiger partial charge on any atom is 0.251 e. The first-order chi connectivity index (χ1) is 10.1. The van der Waals surface area contributed by atoms with Gasteiger partial charge in [-0.1, -0.05) is 12.1 Å². The molecular formula is C16H15FN2O2. The summed E-state index contributed by atoms with van der Waals surface area (Å²) in [6, 6.07) is 12.3. The molecule has 0 aliphatic carbocycles. The molecule has 5 heteroatoms. The molecule has 2 rings (SSSR count). The van der Waals surface area contributed by atoms with Crippen molar-refractivity contribution in [1.29, 1.82) is 0 Å². The Hall–Kier alpha value is -2.69. The SMILES string of the molecule is CNC(=O)c1ccc(CNC(=O)c2ccc(F)cc2)cc1. The lowest BCUT2D eigenvalue weighted by molar-refractivity contribution is 0.0946. The highest BCUT2D eigenvalue weighted by Gasteiger charge is 2.06. The lowest BCUT2D eigenvalue weighted by Crippen LogP contribution is -2.23. The molecule has 2 aromatic rings. The van der Waals surface area contributed by atoms with Crippen LogP contribution in [0.25, 0.3) is 0 Å². The van der Waals surface area contributed by atoms with Crippen LogP contribution in [0.15, 0.2) is 48.5 Å². The zero-order valence-corrected chi connectivity index (χ0v) is 11.5. The van der Waals surface area contributed by atoms with Crippen molar-refractivity contribution in [2.45, 2.75) is 6.54 Å². The van der Waals surface area contributed by atoms with Gasteiger partial charge >= 0.3 is 0 Å². The Balaban J connectivity index is 1.95. The van der Waals surface area contributed by atoms with Gasteiger partial charge in [-0.2, -0.15) is 0 Å². The molecule has 0 spiro atoms. The average molecular weight is 286 g/mol. The second-order valence-electron chi connectivity index (χ2n) is 4.47. The average Bonchev–Trinajstić information content (AvgIpc) is 2.53. The summed E-state index contributed by atoms with van der Waals surface area (Å²) in [6.07, 6.45) is 0. The predicted molar refractivity (Wildman–Crippen MR) is 77.4 cm³/mol. The van der Waals surface area contributed by atoms with E-state index in [4.69, 9.17) is 0 Å². The van der Waals surface area contributed by atoms with E-state index < -0.39 is 0 Å². The molecule has 108 valence electrons. The number of carbonyl (C=O) groups is 2. The molecule has 2 amide bonds. The van der Waals surface area contributed by atoms with E-state index in [2.05, 4.69) is 10.6 Å². The van der Waals surface area contributed by atoms with Crippen molar-refractivity contribution in [3.8, 4) is 0 Å². The van der Waals surface area contributed by atoms with Gasteiger partial charge in [0.1, 0.15) is 5.82 Å². The highest BCUT2D eigenvalue weighted by molar-refractivity contribution is 5.94. The first kappa shape index (κ1) is 14.7. The predicted octanol–water partition coefficient (Wildman–Crippen LogP) is 2.12. The summed E-state index contributed by atoms with van der Waals surface area (Å²) >= 11 is 0. The number of nitrogens with one attached hydrogen (secondary N) is 2. The van der Waals surface area contributed by atoms with Crippen molar-refractivity contribution >= 4 is 11.8 Å². The summed E-state index contributed by atoms with van der Waals surface area (Å²) in [4.78, 5) is 23.2. The Morgan fingerprint density at radius 1 is 0.905 bits per heavy atom. The van der Waals surface area contributed by atoms with Crippen LogP contribution in [-0.2, 0) is 6.54 Å². The Morgan fingerprint density at radius 3 is 2.00 bits per heavy atom. The highest BCUT2D eigenvalue weighted by Crippen LogP contribution is 2.06. The first-order valence-electron chi connectivity index (χ1n) is 6.45. The van der Waals surface area contributed by atoms with E-state index in [9.17, 15) is 14.0 Å². The molecule has 0 aromatic heterocycles. The van der Waals surface area contributed by atoms with Crippen LogP contribution in [-0.4, -0.2) is 18.9 Å². The molecule has 21 heavy (non-hydrogen) atoms. The van der Waals surface area contributed by atoms with Crippen LogP contribution in [0.5, 0.6) is 0 Å². The van der Waals surface area contributed by atoms with Crippen molar-refractivity contribution < 1.29 is 14.0 Å². The molecule has 0 bridgehead atoms. The lowest BCUT2D eigenvalue weighted by atomic mass is 10.1. The third-order valence-corrected chi connectivity index (χ3v) is 3.00. The largest absolute Gasteiger partial charge is 0.355 e. The van der Waals surface area contributed by atoms with Gasteiger partial charge in [-0.05, 0) is 42.0 Å². The van der Waals surface area contributed by atoms with Crippen LogP contribution in [0.1, 0.15) is 26.3 Å². The normalized spacial score (nSPS) is 10.0. The molecule has 0 saturated heterocycles. The standard InChI is InChI=1S/C16H15FN2O2/c1-18-15(20)12-4-2-11(3-5-12)10-19-16(21)13-6-8-14(17)9-7-13/h2-9H,10H2,1H3,(H,18,20)(H,19,21). The molecule has 0 unspecified atom stereocenters. The zero-order valence-electron chi connectivity index (χ0n) is 11.5. The van der Waals surface area contributed by atoms with Crippen LogP contribution in [0.3, 0.4) is 0 Å². The number of halogens is 1. The van der Waals surface area contributed by atoms with Crippen LogP contribution in [0.2, 0.25) is 0 Å². The van der Waals surface area contributed by atoms with E-state index >= 15 is 0 Å². The van der Waals surface area contributed by atoms with Gasteiger partial charge in [0, 0.05) is 24.7 Å².